The van der Waals surface area contributed by atoms with Crippen LogP contribution in [0.4, 0.5) is 5.69 Å². The predicted molar refractivity (Wildman–Crippen MR) is 57.1 cm³/mol. The van der Waals surface area contributed by atoms with Crippen LogP contribution in [0.15, 0.2) is 12.1 Å². The molecule has 0 saturated carbocycles. The van der Waals surface area contributed by atoms with Crippen molar-refractivity contribution in [2.45, 2.75) is 6.61 Å². The van der Waals surface area contributed by atoms with Crippen LogP contribution in [0, 0.1) is 0 Å². The maximum atomic E-state index is 9.46. The number of nitrogens with two attached hydrogens (primary N) is 1. The Labute approximate surface area is 88.6 Å². The number of hydrogen-bond donors (Lipinski definition) is 2. The van der Waals surface area contributed by atoms with Crippen LogP contribution >= 0.6 is 12.4 Å². The molecular formula is C8H11BClNO3. The maximum absolute atomic E-state index is 9.46. The van der Waals surface area contributed by atoms with Gasteiger partial charge in [-0.25, -0.2) is 0 Å². The second kappa shape index (κ2) is 4.08. The van der Waals surface area contributed by atoms with Crippen molar-refractivity contribution < 1.29 is 14.4 Å². The Morgan fingerprint density at radius 3 is 2.93 bits per heavy atom. The molecule has 6 heteroatoms. The summed E-state index contributed by atoms with van der Waals surface area (Å²) in [5.74, 6) is 0.516. The van der Waals surface area contributed by atoms with Gasteiger partial charge in [0.1, 0.15) is 5.75 Å². The van der Waals surface area contributed by atoms with E-state index in [1.165, 1.54) is 7.11 Å². The molecule has 1 aromatic carbocycles. The molecule has 0 radical (unpaired) electrons. The molecule has 3 N–H and O–H groups in total. The van der Waals surface area contributed by atoms with Crippen molar-refractivity contribution in [3.05, 3.63) is 17.7 Å². The van der Waals surface area contributed by atoms with Gasteiger partial charge in [0, 0.05) is 5.46 Å². The third-order valence-corrected chi connectivity index (χ3v) is 2.16. The summed E-state index contributed by atoms with van der Waals surface area (Å²) in [5, 5.41) is 9.46. The number of rotatable bonds is 1. The third-order valence-electron chi connectivity index (χ3n) is 2.16. The number of fused-ring (bicyclic) bond motifs is 1. The highest BCUT2D eigenvalue weighted by Crippen LogP contribution is 2.24. The lowest BCUT2D eigenvalue weighted by atomic mass is 9.78. The lowest BCUT2D eigenvalue weighted by Crippen LogP contribution is -2.30. The van der Waals surface area contributed by atoms with Crippen LogP contribution in [-0.2, 0) is 11.3 Å². The SMILES string of the molecule is COc1c(N)ccc2c1B(O)OC2.Cl. The predicted octanol–water partition coefficient (Wildman–Crippen LogP) is -0.0831. The van der Waals surface area contributed by atoms with Crippen molar-refractivity contribution in [1.82, 2.24) is 0 Å². The van der Waals surface area contributed by atoms with E-state index in [1.54, 1.807) is 6.07 Å². The van der Waals surface area contributed by atoms with Crippen LogP contribution < -0.4 is 15.9 Å². The summed E-state index contributed by atoms with van der Waals surface area (Å²) in [6.07, 6.45) is 0. The molecule has 0 saturated heterocycles. The van der Waals surface area contributed by atoms with Crippen LogP contribution in [0.1, 0.15) is 5.56 Å². The average molecular weight is 215 g/mol. The molecule has 0 spiro atoms. The summed E-state index contributed by atoms with van der Waals surface area (Å²) in [6, 6.07) is 3.59. The zero-order valence-corrected chi connectivity index (χ0v) is 8.50. The monoisotopic (exact) mass is 215 g/mol. The van der Waals surface area contributed by atoms with Crippen LogP contribution in [0.3, 0.4) is 0 Å². The zero-order valence-electron chi connectivity index (χ0n) is 7.69. The van der Waals surface area contributed by atoms with Crippen LogP contribution in [-0.4, -0.2) is 19.3 Å². The summed E-state index contributed by atoms with van der Waals surface area (Å²) in [7, 11) is 0.616. The smallest absolute Gasteiger partial charge is 0.495 e. The second-order valence-electron chi connectivity index (χ2n) is 2.92. The molecule has 1 heterocycles. The number of hydrogen-bond acceptors (Lipinski definition) is 4. The lowest BCUT2D eigenvalue weighted by molar-refractivity contribution is 0.275. The fraction of sp³-hybridized carbons (Fsp3) is 0.250. The zero-order chi connectivity index (χ0) is 9.42. The molecule has 0 unspecified atom stereocenters. The van der Waals surface area contributed by atoms with E-state index in [9.17, 15) is 5.02 Å². The summed E-state index contributed by atoms with van der Waals surface area (Å²) in [6.45, 7) is 0.410. The Kier molecular flexibility index (Phi) is 3.26. The Balaban J connectivity index is 0.000000980. The summed E-state index contributed by atoms with van der Waals surface area (Å²) < 4.78 is 10.1. The first-order valence-electron chi connectivity index (χ1n) is 3.99. The molecule has 1 aliphatic heterocycles. The lowest BCUT2D eigenvalue weighted by Gasteiger charge is -2.09. The fourth-order valence-corrected chi connectivity index (χ4v) is 1.53. The van der Waals surface area contributed by atoms with Gasteiger partial charge in [-0.15, -0.1) is 12.4 Å². The summed E-state index contributed by atoms with van der Waals surface area (Å²) >= 11 is 0. The Hall–Kier alpha value is -0.905. The molecule has 0 amide bonds. The van der Waals surface area contributed by atoms with Gasteiger partial charge in [-0.3, -0.25) is 0 Å². The molecule has 0 atom stereocenters. The molecule has 2 rings (SSSR count). The van der Waals surface area contributed by atoms with Gasteiger partial charge in [0.15, 0.2) is 0 Å². The van der Waals surface area contributed by atoms with E-state index in [0.29, 0.717) is 23.5 Å². The summed E-state index contributed by atoms with van der Waals surface area (Å²) in [4.78, 5) is 0. The van der Waals surface area contributed by atoms with Crippen molar-refractivity contribution >= 4 is 30.7 Å². The fourth-order valence-electron chi connectivity index (χ4n) is 1.53. The number of anilines is 1. The van der Waals surface area contributed by atoms with Gasteiger partial charge in [-0.05, 0) is 11.6 Å². The molecule has 1 aromatic rings. The highest BCUT2D eigenvalue weighted by Gasteiger charge is 2.31. The first-order chi connectivity index (χ1) is 6.24. The molecular weight excluding hydrogens is 204 g/mol. The van der Waals surface area contributed by atoms with E-state index < -0.39 is 7.12 Å². The number of methoxy groups -OCH3 is 1. The van der Waals surface area contributed by atoms with E-state index in [4.69, 9.17) is 15.1 Å². The number of benzene rings is 1. The second-order valence-corrected chi connectivity index (χ2v) is 2.92. The third kappa shape index (κ3) is 1.54. The minimum atomic E-state index is -0.909. The molecule has 0 aromatic heterocycles. The Morgan fingerprint density at radius 1 is 1.57 bits per heavy atom. The Bertz CT molecular complexity index is 348. The van der Waals surface area contributed by atoms with Crippen molar-refractivity contribution in [1.29, 1.82) is 0 Å². The highest BCUT2D eigenvalue weighted by atomic mass is 35.5. The minimum absolute atomic E-state index is 0. The maximum Gasteiger partial charge on any atom is 0.495 e. The minimum Gasteiger partial charge on any atom is -0.495 e. The Morgan fingerprint density at radius 2 is 2.29 bits per heavy atom. The van der Waals surface area contributed by atoms with Gasteiger partial charge >= 0.3 is 7.12 Å². The van der Waals surface area contributed by atoms with Crippen molar-refractivity contribution in [3.8, 4) is 5.75 Å². The van der Waals surface area contributed by atoms with Crippen LogP contribution in [0.5, 0.6) is 5.75 Å². The van der Waals surface area contributed by atoms with E-state index in [2.05, 4.69) is 0 Å². The molecule has 0 aliphatic carbocycles. The largest absolute Gasteiger partial charge is 0.495 e. The van der Waals surface area contributed by atoms with Crippen molar-refractivity contribution in [3.63, 3.8) is 0 Å². The van der Waals surface area contributed by atoms with Crippen LogP contribution in [0.25, 0.3) is 0 Å². The van der Waals surface area contributed by atoms with Gasteiger partial charge in [-0.1, -0.05) is 6.07 Å². The molecule has 76 valence electrons. The average Bonchev–Trinajstić information content (AvgIpc) is 2.49. The van der Waals surface area contributed by atoms with Crippen LogP contribution in [0.2, 0.25) is 0 Å². The summed E-state index contributed by atoms with van der Waals surface area (Å²) in [5.41, 5.74) is 7.78. The van der Waals surface area contributed by atoms with E-state index in [0.717, 1.165) is 5.56 Å². The molecule has 14 heavy (non-hydrogen) atoms. The van der Waals surface area contributed by atoms with Gasteiger partial charge in [-0.2, -0.15) is 0 Å². The molecule has 0 bridgehead atoms. The van der Waals surface area contributed by atoms with Gasteiger partial charge < -0.3 is 20.1 Å². The highest BCUT2D eigenvalue weighted by molar-refractivity contribution is 6.62. The van der Waals surface area contributed by atoms with E-state index in [-0.39, 0.29) is 12.4 Å². The number of nitrogen functional groups attached to an aromatic ring is 1. The van der Waals surface area contributed by atoms with Gasteiger partial charge in [0.05, 0.1) is 19.4 Å². The number of ether oxygens (including phenoxy) is 1. The van der Waals surface area contributed by atoms with Gasteiger partial charge in [0.25, 0.3) is 0 Å². The first kappa shape index (κ1) is 11.2. The van der Waals surface area contributed by atoms with E-state index in [1.807, 2.05) is 6.07 Å². The molecule has 1 aliphatic rings. The standard InChI is InChI=1S/C8H10BNO3.ClH/c1-12-8-6(10)3-2-5-4-13-9(11)7(5)8;/h2-3,11H,4,10H2,1H3;1H. The van der Waals surface area contributed by atoms with E-state index >= 15 is 0 Å². The van der Waals surface area contributed by atoms with Crippen molar-refractivity contribution in [2.24, 2.45) is 0 Å². The quantitative estimate of drug-likeness (QED) is 0.508. The van der Waals surface area contributed by atoms with Gasteiger partial charge in [0.2, 0.25) is 0 Å². The normalized spacial score (nSPS) is 13.4. The number of halogens is 1. The topological polar surface area (TPSA) is 64.7 Å². The first-order valence-corrected chi connectivity index (χ1v) is 3.99. The van der Waals surface area contributed by atoms with Crippen molar-refractivity contribution in [2.75, 3.05) is 12.8 Å². The molecule has 4 nitrogen and oxygen atoms in total. The molecule has 0 fully saturated rings.